The number of carbonyl (C=O) groups excluding carboxylic acids is 1. The molecule has 0 radical (unpaired) electrons. The van der Waals surface area contributed by atoms with Crippen molar-refractivity contribution in [2.45, 2.75) is 6.92 Å². The first kappa shape index (κ1) is 14.3. The third-order valence-electron chi connectivity index (χ3n) is 2.86. The quantitative estimate of drug-likeness (QED) is 0.925. The number of rotatable bonds is 2. The first-order valence-corrected chi connectivity index (χ1v) is 6.17. The van der Waals surface area contributed by atoms with Crippen LogP contribution in [0, 0.1) is 12.7 Å². The van der Waals surface area contributed by atoms with Gasteiger partial charge in [-0.15, -0.1) is 0 Å². The van der Waals surface area contributed by atoms with Crippen LogP contribution >= 0.6 is 11.6 Å². The summed E-state index contributed by atoms with van der Waals surface area (Å²) >= 11 is 5.92. The summed E-state index contributed by atoms with van der Waals surface area (Å²) in [4.78, 5) is 17.4. The van der Waals surface area contributed by atoms with Crippen LogP contribution in [0.1, 0.15) is 16.1 Å². The van der Waals surface area contributed by atoms with Crippen LogP contribution in [0.3, 0.4) is 0 Å². The summed E-state index contributed by atoms with van der Waals surface area (Å²) in [5.41, 5.74) is 1.10. The molecule has 1 N–H and O–H groups in total. The molecule has 2 rings (SSSR count). The minimum Gasteiger partial charge on any atom is -0.493 e. The number of aryl methyl sites for hydroxylation is 1. The van der Waals surface area contributed by atoms with E-state index >= 15 is 0 Å². The van der Waals surface area contributed by atoms with E-state index in [9.17, 15) is 14.3 Å². The predicted octanol–water partition coefficient (Wildman–Crippen LogP) is 3.16. The van der Waals surface area contributed by atoms with Gasteiger partial charge in [0.05, 0.1) is 10.7 Å². The number of hydrogen-bond donors (Lipinski definition) is 1. The second-order valence-corrected chi connectivity index (χ2v) is 4.70. The summed E-state index contributed by atoms with van der Waals surface area (Å²) in [5, 5.41) is 9.50. The van der Waals surface area contributed by atoms with E-state index in [0.717, 1.165) is 6.07 Å². The van der Waals surface area contributed by atoms with Crippen molar-refractivity contribution >= 4 is 23.2 Å². The zero-order valence-electron chi connectivity index (χ0n) is 10.9. The van der Waals surface area contributed by atoms with Crippen molar-refractivity contribution in [2.75, 3.05) is 11.9 Å². The van der Waals surface area contributed by atoms with Crippen LogP contribution in [0.15, 0.2) is 30.3 Å². The Morgan fingerprint density at radius 2 is 2.05 bits per heavy atom. The molecule has 0 fully saturated rings. The Morgan fingerprint density at radius 1 is 1.35 bits per heavy atom. The molecule has 0 atom stereocenters. The minimum atomic E-state index is -0.480. The Hall–Kier alpha value is -2.14. The lowest BCUT2D eigenvalue weighted by Gasteiger charge is -2.19. The molecule has 0 aliphatic heterocycles. The van der Waals surface area contributed by atoms with Crippen LogP contribution in [-0.4, -0.2) is 23.0 Å². The summed E-state index contributed by atoms with van der Waals surface area (Å²) in [6.45, 7) is 1.71. The molecule has 1 heterocycles. The fourth-order valence-electron chi connectivity index (χ4n) is 1.76. The number of aromatic hydroxyl groups is 1. The Bertz CT molecular complexity index is 676. The molecule has 0 saturated heterocycles. The zero-order valence-corrected chi connectivity index (χ0v) is 11.6. The molecule has 1 aromatic heterocycles. The molecule has 20 heavy (non-hydrogen) atoms. The van der Waals surface area contributed by atoms with Crippen LogP contribution in [0.25, 0.3) is 0 Å². The summed E-state index contributed by atoms with van der Waals surface area (Å²) in [6, 6.07) is 6.75. The summed E-state index contributed by atoms with van der Waals surface area (Å²) in [5.74, 6) is -1.16. The Balaban J connectivity index is 2.40. The first-order valence-electron chi connectivity index (χ1n) is 5.80. The minimum absolute atomic E-state index is 0.118. The van der Waals surface area contributed by atoms with E-state index in [4.69, 9.17) is 11.6 Å². The summed E-state index contributed by atoms with van der Waals surface area (Å²) < 4.78 is 13.0. The number of pyridine rings is 1. The van der Waals surface area contributed by atoms with Crippen molar-refractivity contribution in [3.05, 3.63) is 52.4 Å². The van der Waals surface area contributed by atoms with E-state index in [1.165, 1.54) is 30.1 Å². The number of benzene rings is 1. The standard InChI is InChI=1S/C14H12ClFN2O2/c1-8-3-6-12(19)17-13(8)14(20)18(2)11-5-4-9(16)7-10(11)15/h3-7H,1-2H3,(H,17,19). The van der Waals surface area contributed by atoms with Crippen LogP contribution < -0.4 is 4.90 Å². The van der Waals surface area contributed by atoms with Crippen molar-refractivity contribution in [1.29, 1.82) is 0 Å². The number of nitrogens with zero attached hydrogens (tertiary/aromatic N) is 2. The third kappa shape index (κ3) is 2.72. The van der Waals surface area contributed by atoms with Crippen LogP contribution in [0.2, 0.25) is 5.02 Å². The topological polar surface area (TPSA) is 53.4 Å². The number of amides is 1. The van der Waals surface area contributed by atoms with Gasteiger partial charge in [0.2, 0.25) is 5.88 Å². The molecule has 1 aromatic carbocycles. The molecule has 0 unspecified atom stereocenters. The third-order valence-corrected chi connectivity index (χ3v) is 3.16. The highest BCUT2D eigenvalue weighted by atomic mass is 35.5. The van der Waals surface area contributed by atoms with Crippen molar-refractivity contribution < 1.29 is 14.3 Å². The van der Waals surface area contributed by atoms with E-state index in [0.29, 0.717) is 11.3 Å². The number of halogens is 2. The molecule has 0 aliphatic rings. The van der Waals surface area contributed by atoms with Crippen LogP contribution in [-0.2, 0) is 0 Å². The van der Waals surface area contributed by atoms with Crippen molar-refractivity contribution in [3.63, 3.8) is 0 Å². The Labute approximate surface area is 120 Å². The fraction of sp³-hybridized carbons (Fsp3) is 0.143. The molecule has 0 aliphatic carbocycles. The highest BCUT2D eigenvalue weighted by molar-refractivity contribution is 6.34. The maximum absolute atomic E-state index is 13.0. The van der Waals surface area contributed by atoms with E-state index in [1.807, 2.05) is 0 Å². The maximum Gasteiger partial charge on any atom is 0.277 e. The Kier molecular flexibility index (Phi) is 3.90. The number of carbonyl (C=O) groups is 1. The van der Waals surface area contributed by atoms with Crippen molar-refractivity contribution in [3.8, 4) is 5.88 Å². The predicted molar refractivity (Wildman–Crippen MR) is 74.8 cm³/mol. The van der Waals surface area contributed by atoms with Gasteiger partial charge in [-0.05, 0) is 30.7 Å². The lowest BCUT2D eigenvalue weighted by molar-refractivity contribution is 0.0986. The van der Waals surface area contributed by atoms with E-state index in [-0.39, 0.29) is 16.6 Å². The van der Waals surface area contributed by atoms with Crippen molar-refractivity contribution in [1.82, 2.24) is 4.98 Å². The fourth-order valence-corrected chi connectivity index (χ4v) is 2.05. The van der Waals surface area contributed by atoms with Gasteiger partial charge in [0, 0.05) is 13.1 Å². The van der Waals surface area contributed by atoms with E-state index in [2.05, 4.69) is 4.98 Å². The zero-order chi connectivity index (χ0) is 14.9. The monoisotopic (exact) mass is 294 g/mol. The number of aromatic nitrogens is 1. The first-order chi connectivity index (χ1) is 9.40. The van der Waals surface area contributed by atoms with Gasteiger partial charge < -0.3 is 10.0 Å². The maximum atomic E-state index is 13.0. The molecule has 4 nitrogen and oxygen atoms in total. The second kappa shape index (κ2) is 5.46. The molecule has 0 saturated carbocycles. The molecule has 104 valence electrons. The molecule has 0 spiro atoms. The highest BCUT2D eigenvalue weighted by Gasteiger charge is 2.19. The van der Waals surface area contributed by atoms with Gasteiger partial charge in [-0.2, -0.15) is 0 Å². The van der Waals surface area contributed by atoms with Gasteiger partial charge in [0.15, 0.2) is 0 Å². The number of hydrogen-bond acceptors (Lipinski definition) is 3. The lowest BCUT2D eigenvalue weighted by atomic mass is 10.2. The van der Waals surface area contributed by atoms with Crippen molar-refractivity contribution in [2.24, 2.45) is 0 Å². The lowest BCUT2D eigenvalue weighted by Crippen LogP contribution is -2.28. The van der Waals surface area contributed by atoms with Gasteiger partial charge in [-0.25, -0.2) is 9.37 Å². The Morgan fingerprint density at radius 3 is 2.70 bits per heavy atom. The smallest absolute Gasteiger partial charge is 0.277 e. The summed E-state index contributed by atoms with van der Waals surface area (Å²) in [7, 11) is 1.51. The highest BCUT2D eigenvalue weighted by Crippen LogP contribution is 2.27. The molecule has 2 aromatic rings. The molecular weight excluding hydrogens is 283 g/mol. The van der Waals surface area contributed by atoms with E-state index < -0.39 is 11.7 Å². The van der Waals surface area contributed by atoms with Gasteiger partial charge in [-0.3, -0.25) is 4.79 Å². The van der Waals surface area contributed by atoms with Gasteiger partial charge in [0.1, 0.15) is 11.5 Å². The van der Waals surface area contributed by atoms with Gasteiger partial charge in [0.25, 0.3) is 5.91 Å². The normalized spacial score (nSPS) is 10.4. The SMILES string of the molecule is Cc1ccc(O)nc1C(=O)N(C)c1ccc(F)cc1Cl. The average Bonchev–Trinajstić information content (AvgIpc) is 2.40. The van der Waals surface area contributed by atoms with Gasteiger partial charge in [-0.1, -0.05) is 17.7 Å². The molecule has 1 amide bonds. The molecule has 6 heteroatoms. The summed E-state index contributed by atoms with van der Waals surface area (Å²) in [6.07, 6.45) is 0. The van der Waals surface area contributed by atoms with E-state index in [1.54, 1.807) is 13.0 Å². The van der Waals surface area contributed by atoms with Crippen LogP contribution in [0.5, 0.6) is 5.88 Å². The molecule has 0 bridgehead atoms. The van der Waals surface area contributed by atoms with Crippen LogP contribution in [0.4, 0.5) is 10.1 Å². The average molecular weight is 295 g/mol. The largest absolute Gasteiger partial charge is 0.493 e. The molecular formula is C14H12ClFN2O2. The second-order valence-electron chi connectivity index (χ2n) is 4.29. The number of anilines is 1. The van der Waals surface area contributed by atoms with Gasteiger partial charge >= 0.3 is 0 Å².